The van der Waals surface area contributed by atoms with Crippen LogP contribution in [0.25, 0.3) is 0 Å². The van der Waals surface area contributed by atoms with Gasteiger partial charge in [-0.15, -0.1) is 0 Å². The van der Waals surface area contributed by atoms with Crippen molar-refractivity contribution < 1.29 is 9.90 Å². The maximum absolute atomic E-state index is 10.8. The molecule has 0 aromatic rings. The average Bonchev–Trinajstić information content (AvgIpc) is 2.47. The van der Waals surface area contributed by atoms with Crippen LogP contribution in [0, 0.1) is 29.1 Å². The second-order valence-corrected chi connectivity index (χ2v) is 8.03. The third-order valence-corrected chi connectivity index (χ3v) is 7.13. The molecule has 118 valence electrons. The molecule has 3 saturated carbocycles. The van der Waals surface area contributed by atoms with E-state index in [4.69, 9.17) is 0 Å². The van der Waals surface area contributed by atoms with Gasteiger partial charge in [0, 0.05) is 6.42 Å². The van der Waals surface area contributed by atoms with Gasteiger partial charge in [-0.05, 0) is 80.5 Å². The molecule has 6 atom stereocenters. The van der Waals surface area contributed by atoms with Crippen LogP contribution < -0.4 is 0 Å². The van der Waals surface area contributed by atoms with E-state index in [2.05, 4.69) is 13.5 Å². The Hall–Kier alpha value is -0.630. The Morgan fingerprint density at radius 3 is 2.90 bits per heavy atom. The largest absolute Gasteiger partial charge is 0.393 e. The number of hydrogen-bond donors (Lipinski definition) is 1. The zero-order valence-electron chi connectivity index (χ0n) is 13.4. The second kappa shape index (κ2) is 5.87. The molecule has 0 unspecified atom stereocenters. The molecule has 3 fully saturated rings. The second-order valence-electron chi connectivity index (χ2n) is 8.03. The molecule has 0 saturated heterocycles. The predicted octanol–water partition coefficient (Wildman–Crippen LogP) is 4.13. The van der Waals surface area contributed by atoms with Gasteiger partial charge in [-0.1, -0.05) is 19.1 Å². The van der Waals surface area contributed by atoms with Gasteiger partial charge in [0.15, 0.2) is 0 Å². The number of carbonyl (C=O) groups excluding carboxylic acids is 1. The van der Waals surface area contributed by atoms with E-state index in [0.717, 1.165) is 43.8 Å². The first-order valence-electron chi connectivity index (χ1n) is 8.85. The maximum Gasteiger partial charge on any atom is 0.120 e. The molecule has 0 bridgehead atoms. The van der Waals surface area contributed by atoms with Crippen molar-refractivity contribution in [3.63, 3.8) is 0 Å². The highest BCUT2D eigenvalue weighted by molar-refractivity contribution is 5.49. The van der Waals surface area contributed by atoms with E-state index < -0.39 is 0 Å². The van der Waals surface area contributed by atoms with Crippen molar-refractivity contribution >= 4 is 6.29 Å². The first kappa shape index (κ1) is 15.3. The van der Waals surface area contributed by atoms with Gasteiger partial charge in [0.05, 0.1) is 6.10 Å². The van der Waals surface area contributed by atoms with Gasteiger partial charge in [0.1, 0.15) is 6.29 Å². The fourth-order valence-electron chi connectivity index (χ4n) is 5.94. The van der Waals surface area contributed by atoms with Crippen LogP contribution in [0.1, 0.15) is 64.7 Å². The van der Waals surface area contributed by atoms with Crippen LogP contribution in [-0.4, -0.2) is 17.5 Å². The molecule has 0 spiro atoms. The van der Waals surface area contributed by atoms with Gasteiger partial charge < -0.3 is 9.90 Å². The zero-order chi connectivity index (χ0) is 15.0. The summed E-state index contributed by atoms with van der Waals surface area (Å²) in [5.74, 6) is 2.80. The molecule has 2 heteroatoms. The van der Waals surface area contributed by atoms with E-state index in [1.54, 1.807) is 0 Å². The molecule has 3 aliphatic carbocycles. The highest BCUT2D eigenvalue weighted by Gasteiger charge is 2.53. The van der Waals surface area contributed by atoms with Crippen molar-refractivity contribution in [2.24, 2.45) is 29.1 Å². The summed E-state index contributed by atoms with van der Waals surface area (Å²) in [6, 6.07) is 0. The number of aliphatic hydroxyl groups excluding tert-OH is 1. The molecule has 0 amide bonds. The van der Waals surface area contributed by atoms with Crippen LogP contribution in [0.4, 0.5) is 0 Å². The minimum Gasteiger partial charge on any atom is -0.393 e. The number of aldehydes is 1. The van der Waals surface area contributed by atoms with Gasteiger partial charge in [-0.3, -0.25) is 0 Å². The van der Waals surface area contributed by atoms with Crippen molar-refractivity contribution in [2.45, 2.75) is 70.8 Å². The SMILES string of the molecule is C=C1CC[C@H]2[C@@H](CC[C@H]3C[C@H](O)CC[C@@]32C)[C@@H]1CCC=O. The highest BCUT2D eigenvalue weighted by atomic mass is 16.3. The number of fused-ring (bicyclic) bond motifs is 3. The molecule has 0 aromatic carbocycles. The number of aliphatic hydroxyl groups is 1. The smallest absolute Gasteiger partial charge is 0.120 e. The molecule has 3 rings (SSSR count). The average molecular weight is 290 g/mol. The minimum atomic E-state index is -0.0657. The molecular formula is C19H30O2. The van der Waals surface area contributed by atoms with E-state index in [9.17, 15) is 9.90 Å². The van der Waals surface area contributed by atoms with Gasteiger partial charge in [0.2, 0.25) is 0 Å². The van der Waals surface area contributed by atoms with E-state index in [0.29, 0.717) is 23.7 Å². The van der Waals surface area contributed by atoms with Gasteiger partial charge >= 0.3 is 0 Å². The molecule has 3 aliphatic rings. The Balaban J connectivity index is 1.81. The standard InChI is InChI=1S/C19H30O2/c1-13-5-8-18-17(16(13)4-3-11-20)7-6-14-12-15(21)9-10-19(14,18)2/h11,14-18,21H,1,3-10,12H2,2H3/t14-,15+,16+,17-,18-,19-/m0/s1. The van der Waals surface area contributed by atoms with Crippen molar-refractivity contribution in [1.82, 2.24) is 0 Å². The van der Waals surface area contributed by atoms with Crippen LogP contribution in [0.3, 0.4) is 0 Å². The summed E-state index contributed by atoms with van der Waals surface area (Å²) in [7, 11) is 0. The molecule has 0 aromatic heterocycles. The van der Waals surface area contributed by atoms with E-state index in [1.165, 1.54) is 31.3 Å². The van der Waals surface area contributed by atoms with Crippen LogP contribution in [0.5, 0.6) is 0 Å². The summed E-state index contributed by atoms with van der Waals surface area (Å²) in [4.78, 5) is 10.8. The van der Waals surface area contributed by atoms with Crippen molar-refractivity contribution in [2.75, 3.05) is 0 Å². The maximum atomic E-state index is 10.8. The third kappa shape index (κ3) is 2.60. The lowest BCUT2D eigenvalue weighted by Gasteiger charge is -2.58. The summed E-state index contributed by atoms with van der Waals surface area (Å²) >= 11 is 0. The Kier molecular flexibility index (Phi) is 4.27. The molecule has 0 heterocycles. The number of rotatable bonds is 3. The molecular weight excluding hydrogens is 260 g/mol. The number of carbonyl (C=O) groups is 1. The summed E-state index contributed by atoms with van der Waals surface area (Å²) in [6.45, 7) is 6.81. The third-order valence-electron chi connectivity index (χ3n) is 7.13. The molecule has 21 heavy (non-hydrogen) atoms. The van der Waals surface area contributed by atoms with Gasteiger partial charge in [-0.25, -0.2) is 0 Å². The highest BCUT2D eigenvalue weighted by Crippen LogP contribution is 2.61. The fourth-order valence-corrected chi connectivity index (χ4v) is 5.94. The summed E-state index contributed by atoms with van der Waals surface area (Å²) < 4.78 is 0. The number of hydrogen-bond acceptors (Lipinski definition) is 2. The summed E-state index contributed by atoms with van der Waals surface area (Å²) in [5, 5.41) is 10.0. The normalized spacial score (nSPS) is 46.6. The molecule has 1 N–H and O–H groups in total. The Labute approximate surface area is 129 Å². The fraction of sp³-hybridized carbons (Fsp3) is 0.842. The molecule has 0 radical (unpaired) electrons. The lowest BCUT2D eigenvalue weighted by atomic mass is 9.47. The first-order chi connectivity index (χ1) is 10.1. The summed E-state index contributed by atoms with van der Waals surface area (Å²) in [5.41, 5.74) is 1.82. The van der Waals surface area contributed by atoms with E-state index in [-0.39, 0.29) is 6.10 Å². The van der Waals surface area contributed by atoms with Crippen LogP contribution >= 0.6 is 0 Å². The van der Waals surface area contributed by atoms with Crippen molar-refractivity contribution in [3.8, 4) is 0 Å². The van der Waals surface area contributed by atoms with Gasteiger partial charge in [0.25, 0.3) is 0 Å². The Morgan fingerprint density at radius 1 is 1.33 bits per heavy atom. The Bertz CT molecular complexity index is 416. The number of allylic oxidation sites excluding steroid dienone is 1. The van der Waals surface area contributed by atoms with E-state index >= 15 is 0 Å². The van der Waals surface area contributed by atoms with Gasteiger partial charge in [-0.2, -0.15) is 0 Å². The lowest BCUT2D eigenvalue weighted by Crippen LogP contribution is -2.51. The minimum absolute atomic E-state index is 0.0657. The monoisotopic (exact) mass is 290 g/mol. The van der Waals surface area contributed by atoms with Crippen LogP contribution in [-0.2, 0) is 4.79 Å². The molecule has 2 nitrogen and oxygen atoms in total. The van der Waals surface area contributed by atoms with Crippen LogP contribution in [0.2, 0.25) is 0 Å². The van der Waals surface area contributed by atoms with Crippen LogP contribution in [0.15, 0.2) is 12.2 Å². The first-order valence-corrected chi connectivity index (χ1v) is 8.85. The van der Waals surface area contributed by atoms with E-state index in [1.807, 2.05) is 0 Å². The summed E-state index contributed by atoms with van der Waals surface area (Å²) in [6.07, 6.45) is 10.9. The predicted molar refractivity (Wildman–Crippen MR) is 84.8 cm³/mol. The lowest BCUT2D eigenvalue weighted by molar-refractivity contribution is -0.109. The molecule has 0 aliphatic heterocycles. The van der Waals surface area contributed by atoms with Crippen molar-refractivity contribution in [1.29, 1.82) is 0 Å². The Morgan fingerprint density at radius 2 is 2.14 bits per heavy atom. The quantitative estimate of drug-likeness (QED) is 0.627. The topological polar surface area (TPSA) is 37.3 Å². The zero-order valence-corrected chi connectivity index (χ0v) is 13.4. The van der Waals surface area contributed by atoms with Crippen molar-refractivity contribution in [3.05, 3.63) is 12.2 Å².